The lowest BCUT2D eigenvalue weighted by atomic mass is 9.74. The Morgan fingerprint density at radius 1 is 0.469 bits per heavy atom. The average molecular weight is 701 g/mol. The van der Waals surface area contributed by atoms with Crippen molar-refractivity contribution in [1.82, 2.24) is 10.6 Å². The molecule has 0 aromatic rings. The number of hydrogen-bond donors (Lipinski definition) is 4. The van der Waals surface area contributed by atoms with Crippen LogP contribution in [0.3, 0.4) is 0 Å². The van der Waals surface area contributed by atoms with Gasteiger partial charge in [0.2, 0.25) is 0 Å². The lowest BCUT2D eigenvalue weighted by Crippen LogP contribution is -2.49. The molecule has 0 rings (SSSR count). The van der Waals surface area contributed by atoms with E-state index in [1.54, 1.807) is 0 Å². The maximum Gasteiger partial charge on any atom is 0.0678 e. The van der Waals surface area contributed by atoms with Crippen LogP contribution in [0.4, 0.5) is 0 Å². The van der Waals surface area contributed by atoms with Gasteiger partial charge in [-0.05, 0) is 165 Å². The van der Waals surface area contributed by atoms with Crippen LogP contribution in [0.25, 0.3) is 0 Å². The number of ether oxygens (including phenoxy) is 4. The second-order valence-corrected chi connectivity index (χ2v) is 20.2. The Hall–Kier alpha value is -0.320. The summed E-state index contributed by atoms with van der Waals surface area (Å²) in [5.41, 5.74) is 11.1. The Bertz CT molecular complexity index is 915. The van der Waals surface area contributed by atoms with Crippen molar-refractivity contribution in [1.29, 1.82) is 0 Å². The fourth-order valence-electron chi connectivity index (χ4n) is 4.73. The molecule has 3 unspecified atom stereocenters. The quantitative estimate of drug-likeness (QED) is 0.0637. The first-order valence-corrected chi connectivity index (χ1v) is 19.3. The second-order valence-electron chi connectivity index (χ2n) is 20.2. The van der Waals surface area contributed by atoms with Gasteiger partial charge < -0.3 is 41.0 Å². The molecule has 0 aromatic carbocycles. The summed E-state index contributed by atoms with van der Waals surface area (Å²) in [6.45, 7) is 46.8. The minimum absolute atomic E-state index is 0.0405. The van der Waals surface area contributed by atoms with E-state index in [0.29, 0.717) is 38.3 Å². The highest BCUT2D eigenvalue weighted by molar-refractivity contribution is 4.90. The van der Waals surface area contributed by atoms with Crippen molar-refractivity contribution in [3.63, 3.8) is 0 Å². The molecule has 0 saturated carbocycles. The molecule has 8 nitrogen and oxygen atoms in total. The summed E-state index contributed by atoms with van der Waals surface area (Å²) in [6.07, 6.45) is 3.74. The molecule has 0 amide bonds. The Labute approximate surface area is 306 Å². The molecule has 0 aliphatic rings. The lowest BCUT2D eigenvalue weighted by molar-refractivity contribution is -0.127. The van der Waals surface area contributed by atoms with E-state index in [2.05, 4.69) is 142 Å². The average Bonchev–Trinajstić information content (AvgIpc) is 2.91. The standard InChI is InChI=1S/C41H88N4O4/c1-31(38(12,13)42)28-47-37(10,11)22-26-45-40(16,17)33(3)30-48-36(8,9)21-25-44-24-20-35(6,7)46-27-23-34(4,5)41(18,19)49-29-32(2)39(14,15)43/h31-33,44-45H,20-30,42-43H2,1-19H3. The summed E-state index contributed by atoms with van der Waals surface area (Å²) < 4.78 is 25.5. The Morgan fingerprint density at radius 2 is 0.837 bits per heavy atom. The number of nitrogens with one attached hydrogen (secondary N) is 2. The molecule has 49 heavy (non-hydrogen) atoms. The van der Waals surface area contributed by atoms with Gasteiger partial charge in [0.1, 0.15) is 0 Å². The van der Waals surface area contributed by atoms with Gasteiger partial charge in [-0.2, -0.15) is 0 Å². The highest BCUT2D eigenvalue weighted by Gasteiger charge is 2.39. The van der Waals surface area contributed by atoms with E-state index in [-0.39, 0.29) is 50.4 Å². The molecule has 0 fully saturated rings. The Balaban J connectivity index is 4.51. The van der Waals surface area contributed by atoms with Crippen molar-refractivity contribution in [2.45, 2.75) is 196 Å². The molecule has 0 aromatic heterocycles. The molecular formula is C41H88N4O4. The minimum atomic E-state index is -0.283. The highest BCUT2D eigenvalue weighted by atomic mass is 16.5. The zero-order chi connectivity index (χ0) is 38.8. The van der Waals surface area contributed by atoms with E-state index < -0.39 is 0 Å². The number of hydrogen-bond acceptors (Lipinski definition) is 8. The van der Waals surface area contributed by atoms with Gasteiger partial charge in [0.05, 0.1) is 42.2 Å². The van der Waals surface area contributed by atoms with Gasteiger partial charge >= 0.3 is 0 Å². The minimum Gasteiger partial charge on any atom is -0.376 e. The fourth-order valence-corrected chi connectivity index (χ4v) is 4.73. The van der Waals surface area contributed by atoms with Crippen LogP contribution in [0.1, 0.15) is 157 Å². The molecule has 3 atom stereocenters. The third kappa shape index (κ3) is 19.9. The smallest absolute Gasteiger partial charge is 0.0678 e. The van der Waals surface area contributed by atoms with E-state index in [0.717, 1.165) is 45.3 Å². The first-order chi connectivity index (χ1) is 21.8. The number of rotatable bonds is 27. The third-order valence-electron chi connectivity index (χ3n) is 11.9. The van der Waals surface area contributed by atoms with Gasteiger partial charge in [0, 0.05) is 23.2 Å². The first kappa shape index (κ1) is 48.7. The topological polar surface area (TPSA) is 113 Å². The largest absolute Gasteiger partial charge is 0.376 e. The van der Waals surface area contributed by atoms with Gasteiger partial charge in [0.25, 0.3) is 0 Å². The van der Waals surface area contributed by atoms with Crippen molar-refractivity contribution in [3.8, 4) is 0 Å². The Morgan fingerprint density at radius 3 is 1.27 bits per heavy atom. The normalized spacial score (nSPS) is 16.6. The van der Waals surface area contributed by atoms with Crippen molar-refractivity contribution in [3.05, 3.63) is 0 Å². The molecule has 6 N–H and O–H groups in total. The first-order valence-electron chi connectivity index (χ1n) is 19.3. The van der Waals surface area contributed by atoms with Crippen LogP contribution in [0.15, 0.2) is 0 Å². The SMILES string of the molecule is CC(COC(C)(C)CCNC(C)(C)C(C)COC(C)(C)CCNCCC(C)(C)OCCC(C)(C)C(C)(C)OCC(C)C(C)(C)N)C(C)(C)N. The third-order valence-corrected chi connectivity index (χ3v) is 11.9. The zero-order valence-electron chi connectivity index (χ0n) is 36.3. The van der Waals surface area contributed by atoms with E-state index >= 15 is 0 Å². The van der Waals surface area contributed by atoms with Crippen LogP contribution in [-0.2, 0) is 18.9 Å². The molecule has 0 aliphatic heterocycles. The van der Waals surface area contributed by atoms with Crippen LogP contribution in [0.2, 0.25) is 0 Å². The van der Waals surface area contributed by atoms with Gasteiger partial charge in [-0.1, -0.05) is 34.6 Å². The molecule has 296 valence electrons. The summed E-state index contributed by atoms with van der Waals surface area (Å²) in [5.74, 6) is 0.923. The van der Waals surface area contributed by atoms with E-state index in [4.69, 9.17) is 30.4 Å². The summed E-state index contributed by atoms with van der Waals surface area (Å²) >= 11 is 0. The van der Waals surface area contributed by atoms with Crippen LogP contribution in [-0.4, -0.2) is 85.1 Å². The molecule has 0 saturated heterocycles. The summed E-state index contributed by atoms with van der Waals surface area (Å²) in [4.78, 5) is 0. The van der Waals surface area contributed by atoms with Gasteiger partial charge in [0.15, 0.2) is 0 Å². The van der Waals surface area contributed by atoms with Crippen molar-refractivity contribution in [2.24, 2.45) is 34.6 Å². The molecule has 0 aliphatic carbocycles. The Kier molecular flexibility index (Phi) is 19.0. The maximum absolute atomic E-state index is 6.47. The number of nitrogens with two attached hydrogens (primary N) is 2. The zero-order valence-corrected chi connectivity index (χ0v) is 36.3. The van der Waals surface area contributed by atoms with Crippen molar-refractivity contribution >= 4 is 0 Å². The second kappa shape index (κ2) is 19.1. The van der Waals surface area contributed by atoms with Gasteiger partial charge in [-0.15, -0.1) is 0 Å². The van der Waals surface area contributed by atoms with Gasteiger partial charge in [-0.3, -0.25) is 0 Å². The van der Waals surface area contributed by atoms with Crippen LogP contribution in [0, 0.1) is 23.2 Å². The van der Waals surface area contributed by atoms with E-state index in [9.17, 15) is 0 Å². The van der Waals surface area contributed by atoms with Crippen molar-refractivity contribution < 1.29 is 18.9 Å². The molecule has 0 bridgehead atoms. The van der Waals surface area contributed by atoms with Crippen molar-refractivity contribution in [2.75, 3.05) is 46.1 Å². The highest BCUT2D eigenvalue weighted by Crippen LogP contribution is 2.38. The fraction of sp³-hybridized carbons (Fsp3) is 1.00. The molecule has 0 radical (unpaired) electrons. The lowest BCUT2D eigenvalue weighted by Gasteiger charge is -2.43. The molecule has 0 heterocycles. The summed E-state index contributed by atoms with van der Waals surface area (Å²) in [6, 6.07) is 0. The predicted octanol–water partition coefficient (Wildman–Crippen LogP) is 8.09. The van der Waals surface area contributed by atoms with Crippen LogP contribution in [0.5, 0.6) is 0 Å². The maximum atomic E-state index is 6.47. The van der Waals surface area contributed by atoms with Gasteiger partial charge in [-0.25, -0.2) is 0 Å². The molecule has 8 heteroatoms. The predicted molar refractivity (Wildman–Crippen MR) is 211 cm³/mol. The van der Waals surface area contributed by atoms with E-state index in [1.807, 2.05) is 0 Å². The summed E-state index contributed by atoms with van der Waals surface area (Å²) in [7, 11) is 0. The molecular weight excluding hydrogens is 612 g/mol. The monoisotopic (exact) mass is 701 g/mol. The van der Waals surface area contributed by atoms with Crippen LogP contribution >= 0.6 is 0 Å². The van der Waals surface area contributed by atoms with E-state index in [1.165, 1.54) is 0 Å². The van der Waals surface area contributed by atoms with Crippen LogP contribution < -0.4 is 22.1 Å². The summed E-state index contributed by atoms with van der Waals surface area (Å²) in [5, 5.41) is 7.40. The molecule has 0 spiro atoms.